The van der Waals surface area contributed by atoms with Gasteiger partial charge >= 0.3 is 0 Å². The Balaban J connectivity index is 1.75. The van der Waals surface area contributed by atoms with E-state index in [1.54, 1.807) is 11.0 Å². The molecule has 0 aliphatic carbocycles. The Morgan fingerprint density at radius 1 is 1.04 bits per heavy atom. The molecule has 1 aromatic heterocycles. The highest BCUT2D eigenvalue weighted by Crippen LogP contribution is 2.28. The SMILES string of the molecule is CCN(C(=O)c1cccc(-n2cnnn2)c1)c1cccc2ccccc12. The number of amides is 1. The van der Waals surface area contributed by atoms with Crippen LogP contribution in [-0.2, 0) is 0 Å². The fourth-order valence-electron chi connectivity index (χ4n) is 3.08. The normalized spacial score (nSPS) is 10.8. The summed E-state index contributed by atoms with van der Waals surface area (Å²) in [5.41, 5.74) is 2.24. The van der Waals surface area contributed by atoms with E-state index in [0.29, 0.717) is 12.1 Å². The van der Waals surface area contributed by atoms with Crippen molar-refractivity contribution in [3.8, 4) is 5.69 Å². The van der Waals surface area contributed by atoms with Crippen LogP contribution >= 0.6 is 0 Å². The van der Waals surface area contributed by atoms with E-state index < -0.39 is 0 Å². The molecule has 0 saturated heterocycles. The first-order valence-corrected chi connectivity index (χ1v) is 8.41. The predicted octanol–water partition coefficient (Wildman–Crippen LogP) is 3.48. The van der Waals surface area contributed by atoms with Gasteiger partial charge in [-0.3, -0.25) is 4.79 Å². The lowest BCUT2D eigenvalue weighted by molar-refractivity contribution is 0.0988. The maximum absolute atomic E-state index is 13.2. The third kappa shape index (κ3) is 2.82. The number of rotatable bonds is 4. The van der Waals surface area contributed by atoms with Gasteiger partial charge in [0.05, 0.1) is 11.4 Å². The van der Waals surface area contributed by atoms with E-state index in [1.807, 2.05) is 55.5 Å². The van der Waals surface area contributed by atoms with Gasteiger partial charge in [0, 0.05) is 17.5 Å². The van der Waals surface area contributed by atoms with E-state index in [-0.39, 0.29) is 5.91 Å². The number of fused-ring (bicyclic) bond motifs is 1. The Kier molecular flexibility index (Phi) is 4.15. The molecule has 128 valence electrons. The molecule has 1 amide bonds. The Bertz CT molecular complexity index is 1050. The van der Waals surface area contributed by atoms with Crippen LogP contribution in [0.5, 0.6) is 0 Å². The summed E-state index contributed by atoms with van der Waals surface area (Å²) >= 11 is 0. The van der Waals surface area contributed by atoms with Crippen molar-refractivity contribution >= 4 is 22.4 Å². The highest BCUT2D eigenvalue weighted by molar-refractivity contribution is 6.10. The average Bonchev–Trinajstić information content (AvgIpc) is 3.24. The zero-order chi connectivity index (χ0) is 17.9. The van der Waals surface area contributed by atoms with Crippen LogP contribution in [0.1, 0.15) is 17.3 Å². The van der Waals surface area contributed by atoms with Crippen LogP contribution in [0.25, 0.3) is 16.5 Å². The second-order valence-electron chi connectivity index (χ2n) is 5.85. The van der Waals surface area contributed by atoms with Crippen LogP contribution in [0, 0.1) is 0 Å². The molecule has 0 N–H and O–H groups in total. The Hall–Kier alpha value is -3.54. The standard InChI is InChI=1S/C20H17N5O/c1-2-24(19-12-6-8-15-7-3-4-11-18(15)19)20(26)16-9-5-10-17(13-16)25-14-21-22-23-25/h3-14H,2H2,1H3. The van der Waals surface area contributed by atoms with Crippen molar-refractivity contribution in [2.75, 3.05) is 11.4 Å². The van der Waals surface area contributed by atoms with E-state index in [9.17, 15) is 4.79 Å². The Labute approximate surface area is 150 Å². The second-order valence-corrected chi connectivity index (χ2v) is 5.85. The molecule has 26 heavy (non-hydrogen) atoms. The van der Waals surface area contributed by atoms with Crippen LogP contribution in [0.2, 0.25) is 0 Å². The molecule has 0 saturated carbocycles. The van der Waals surface area contributed by atoms with Gasteiger partial charge in [0.25, 0.3) is 5.91 Å². The van der Waals surface area contributed by atoms with Crippen molar-refractivity contribution in [3.63, 3.8) is 0 Å². The fraction of sp³-hybridized carbons (Fsp3) is 0.100. The van der Waals surface area contributed by atoms with Gasteiger partial charge in [-0.1, -0.05) is 42.5 Å². The molecule has 6 heteroatoms. The molecule has 4 aromatic rings. The van der Waals surface area contributed by atoms with Gasteiger partial charge in [0.2, 0.25) is 0 Å². The summed E-state index contributed by atoms with van der Waals surface area (Å²) < 4.78 is 1.53. The van der Waals surface area contributed by atoms with Gasteiger partial charge in [-0.2, -0.15) is 0 Å². The third-order valence-electron chi connectivity index (χ3n) is 4.33. The molecular formula is C20H17N5O. The van der Waals surface area contributed by atoms with Gasteiger partial charge in [0.15, 0.2) is 0 Å². The van der Waals surface area contributed by atoms with Crippen LogP contribution in [0.15, 0.2) is 73.1 Å². The van der Waals surface area contributed by atoms with E-state index in [0.717, 1.165) is 22.1 Å². The summed E-state index contributed by atoms with van der Waals surface area (Å²) in [6, 6.07) is 21.4. The molecule has 1 heterocycles. The van der Waals surface area contributed by atoms with Crippen molar-refractivity contribution in [1.29, 1.82) is 0 Å². The Morgan fingerprint density at radius 2 is 1.85 bits per heavy atom. The lowest BCUT2D eigenvalue weighted by Crippen LogP contribution is -2.30. The molecule has 0 spiro atoms. The first-order chi connectivity index (χ1) is 12.8. The van der Waals surface area contributed by atoms with Gasteiger partial charge in [-0.15, -0.1) is 5.10 Å². The number of anilines is 1. The first kappa shape index (κ1) is 16.0. The van der Waals surface area contributed by atoms with Crippen LogP contribution in [-0.4, -0.2) is 32.7 Å². The van der Waals surface area contributed by atoms with E-state index >= 15 is 0 Å². The number of hydrogen-bond acceptors (Lipinski definition) is 4. The lowest BCUT2D eigenvalue weighted by atomic mass is 10.1. The molecule has 0 atom stereocenters. The summed E-state index contributed by atoms with van der Waals surface area (Å²) in [5, 5.41) is 13.3. The van der Waals surface area contributed by atoms with Crippen LogP contribution in [0.3, 0.4) is 0 Å². The number of carbonyl (C=O) groups is 1. The zero-order valence-corrected chi connectivity index (χ0v) is 14.3. The van der Waals surface area contributed by atoms with Gasteiger partial charge in [-0.25, -0.2) is 4.68 Å². The molecule has 0 aliphatic heterocycles. The highest BCUT2D eigenvalue weighted by atomic mass is 16.2. The zero-order valence-electron chi connectivity index (χ0n) is 14.3. The molecule has 3 aromatic carbocycles. The van der Waals surface area contributed by atoms with Crippen molar-refractivity contribution in [2.24, 2.45) is 0 Å². The third-order valence-corrected chi connectivity index (χ3v) is 4.33. The molecule has 0 fully saturated rings. The number of benzene rings is 3. The maximum atomic E-state index is 13.2. The largest absolute Gasteiger partial charge is 0.308 e. The monoisotopic (exact) mass is 343 g/mol. The minimum absolute atomic E-state index is 0.0567. The summed E-state index contributed by atoms with van der Waals surface area (Å²) in [7, 11) is 0. The van der Waals surface area contributed by atoms with E-state index in [2.05, 4.69) is 27.7 Å². The number of aromatic nitrogens is 4. The van der Waals surface area contributed by atoms with Gasteiger partial charge < -0.3 is 4.90 Å². The summed E-state index contributed by atoms with van der Waals surface area (Å²) in [5.74, 6) is -0.0567. The summed E-state index contributed by atoms with van der Waals surface area (Å²) in [6.45, 7) is 2.55. The van der Waals surface area contributed by atoms with Gasteiger partial charge in [-0.05, 0) is 47.0 Å². The predicted molar refractivity (Wildman–Crippen MR) is 100 cm³/mol. The second kappa shape index (κ2) is 6.76. The first-order valence-electron chi connectivity index (χ1n) is 8.41. The van der Waals surface area contributed by atoms with Crippen molar-refractivity contribution in [1.82, 2.24) is 20.2 Å². The lowest BCUT2D eigenvalue weighted by Gasteiger charge is -2.23. The van der Waals surface area contributed by atoms with Crippen LogP contribution < -0.4 is 4.90 Å². The smallest absolute Gasteiger partial charge is 0.258 e. The minimum Gasteiger partial charge on any atom is -0.308 e. The highest BCUT2D eigenvalue weighted by Gasteiger charge is 2.18. The number of carbonyl (C=O) groups excluding carboxylic acids is 1. The average molecular weight is 343 g/mol. The number of tetrazole rings is 1. The Morgan fingerprint density at radius 3 is 2.65 bits per heavy atom. The topological polar surface area (TPSA) is 63.9 Å². The minimum atomic E-state index is -0.0567. The number of hydrogen-bond donors (Lipinski definition) is 0. The van der Waals surface area contributed by atoms with Crippen molar-refractivity contribution in [2.45, 2.75) is 6.92 Å². The summed E-state index contributed by atoms with van der Waals surface area (Å²) in [4.78, 5) is 15.0. The van der Waals surface area contributed by atoms with Gasteiger partial charge in [0.1, 0.15) is 6.33 Å². The molecule has 0 radical (unpaired) electrons. The van der Waals surface area contributed by atoms with Crippen molar-refractivity contribution < 1.29 is 4.79 Å². The molecular weight excluding hydrogens is 326 g/mol. The van der Waals surface area contributed by atoms with E-state index in [4.69, 9.17) is 0 Å². The molecule has 0 aliphatic rings. The maximum Gasteiger partial charge on any atom is 0.258 e. The summed E-state index contributed by atoms with van der Waals surface area (Å²) in [6.07, 6.45) is 1.51. The van der Waals surface area contributed by atoms with E-state index in [1.165, 1.54) is 11.0 Å². The van der Waals surface area contributed by atoms with Crippen molar-refractivity contribution in [3.05, 3.63) is 78.6 Å². The molecule has 0 unspecified atom stereocenters. The quantitative estimate of drug-likeness (QED) is 0.569. The molecule has 6 nitrogen and oxygen atoms in total. The molecule has 4 rings (SSSR count). The number of nitrogens with zero attached hydrogens (tertiary/aromatic N) is 5. The fourth-order valence-corrected chi connectivity index (χ4v) is 3.08. The van der Waals surface area contributed by atoms with Crippen LogP contribution in [0.4, 0.5) is 5.69 Å². The molecule has 0 bridgehead atoms.